The number of para-hydroxylation sites is 2. The predicted molar refractivity (Wildman–Crippen MR) is 477 cm³/mol. The summed E-state index contributed by atoms with van der Waals surface area (Å²) in [5, 5.41) is 37.6. The van der Waals surface area contributed by atoms with Crippen molar-refractivity contribution < 1.29 is 101 Å². The number of rotatable bonds is 36. The van der Waals surface area contributed by atoms with Gasteiger partial charge in [-0.05, 0) is 153 Å². The highest BCUT2D eigenvalue weighted by Crippen LogP contribution is 2.38. The van der Waals surface area contributed by atoms with Gasteiger partial charge in [-0.1, -0.05) is 84.9 Å². The first-order chi connectivity index (χ1) is 62.6. The zero-order chi connectivity index (χ0) is 92.5. The number of pyridine rings is 2. The number of imide groups is 4. The van der Waals surface area contributed by atoms with Crippen molar-refractivity contribution in [2.24, 2.45) is 11.5 Å². The fraction of sp³-hybridized carbons (Fsp3) is 0.258. The number of alkyl carbamates (subject to hydrolysis) is 1. The van der Waals surface area contributed by atoms with Crippen molar-refractivity contribution in [2.45, 2.75) is 64.1 Å². The Bertz CT molecular complexity index is 5980. The molecule has 37 nitrogen and oxygen atoms in total. The molecule has 15 N–H and O–H groups in total. The SMILES string of the molecule is CC(C)(C)OC(=O)NCCOCCOCCNC(=O)c1ccc(-c2ccc3ncc(C(N)=O)c(Nc4ccccc4)c3c2)cc1.NC(=O)c1cnc2ccc(-c3ccc(C(=O)NCCOCCOCCNC(=O)CNc4cccc5c4C(=O)N(C4CCC(=O)NC4=O)C5=O)cc3)cc2c1Nc1ccccc1.O=C(O)CNc1cccc2c1C(=O)N(C1CCC(=O)NC1=O)C2=O. The number of fused-ring (bicyclic) bond motifs is 4. The van der Waals surface area contributed by atoms with Crippen molar-refractivity contribution >= 4 is 145 Å². The Labute approximate surface area is 743 Å². The van der Waals surface area contributed by atoms with E-state index in [0.717, 1.165) is 54.2 Å². The number of nitrogens with zero attached hydrogens (tertiary/aromatic N) is 4. The van der Waals surface area contributed by atoms with Gasteiger partial charge in [0.2, 0.25) is 29.5 Å². The monoisotopic (exact) mass is 1770 g/mol. The second kappa shape index (κ2) is 43.9. The lowest BCUT2D eigenvalue weighted by Gasteiger charge is -2.27. The molecule has 2 saturated heterocycles. The van der Waals surface area contributed by atoms with Crippen molar-refractivity contribution in [3.8, 4) is 22.3 Å². The molecule has 2 unspecified atom stereocenters. The molecule has 0 radical (unpaired) electrons. The molecule has 0 spiro atoms. The van der Waals surface area contributed by atoms with E-state index in [4.69, 9.17) is 40.3 Å². The molecule has 4 aliphatic rings. The molecule has 0 bridgehead atoms. The van der Waals surface area contributed by atoms with Gasteiger partial charge in [-0.25, -0.2) is 4.79 Å². The van der Waals surface area contributed by atoms with Gasteiger partial charge in [0.05, 0.1) is 115 Å². The van der Waals surface area contributed by atoms with Gasteiger partial charge in [0.15, 0.2) is 0 Å². The Morgan fingerprint density at radius 1 is 0.446 bits per heavy atom. The highest BCUT2D eigenvalue weighted by Gasteiger charge is 2.47. The van der Waals surface area contributed by atoms with Gasteiger partial charge >= 0.3 is 12.1 Å². The van der Waals surface area contributed by atoms with Crippen LogP contribution in [0.3, 0.4) is 0 Å². The fourth-order valence-electron chi connectivity index (χ4n) is 14.2. The van der Waals surface area contributed by atoms with Crippen LogP contribution in [-0.4, -0.2) is 224 Å². The second-order valence-corrected chi connectivity index (χ2v) is 30.6. The normalized spacial score (nSPS) is 14.5. The third kappa shape index (κ3) is 24.3. The first-order valence-electron chi connectivity index (χ1n) is 41.4. The van der Waals surface area contributed by atoms with Crippen LogP contribution in [-0.2, 0) is 52.5 Å². The van der Waals surface area contributed by atoms with Gasteiger partial charge in [0, 0.05) is 96.1 Å². The molecule has 672 valence electrons. The number of benzene rings is 8. The topological polar surface area (TPSA) is 527 Å². The number of carboxylic acids is 1. The third-order valence-electron chi connectivity index (χ3n) is 20.4. The Morgan fingerprint density at radius 2 is 0.831 bits per heavy atom. The average Bonchev–Trinajstić information content (AvgIpc) is 1.60. The Hall–Kier alpha value is -15.7. The molecule has 37 heteroatoms. The van der Waals surface area contributed by atoms with Crippen LogP contribution in [0, 0.1) is 0 Å². The van der Waals surface area contributed by atoms with E-state index in [1.54, 1.807) is 57.2 Å². The summed E-state index contributed by atoms with van der Waals surface area (Å²) in [7, 11) is 0. The summed E-state index contributed by atoms with van der Waals surface area (Å²) in [6.45, 7) is 8.37. The quantitative estimate of drug-likeness (QED) is 0.0132. The van der Waals surface area contributed by atoms with Crippen LogP contribution in [0.15, 0.2) is 194 Å². The number of aromatic nitrogens is 2. The van der Waals surface area contributed by atoms with Crippen molar-refractivity contribution in [1.29, 1.82) is 0 Å². The number of aliphatic carboxylic acids is 1. The van der Waals surface area contributed by atoms with E-state index in [-0.39, 0.29) is 129 Å². The molecule has 0 saturated carbocycles. The molecule has 14 rings (SSSR count). The molecule has 2 atom stereocenters. The van der Waals surface area contributed by atoms with Crippen LogP contribution in [0.4, 0.5) is 38.9 Å². The summed E-state index contributed by atoms with van der Waals surface area (Å²) in [6.07, 6.45) is 2.62. The number of hydrogen-bond donors (Lipinski definition) is 13. The molecule has 4 aliphatic heterocycles. The first-order valence-corrected chi connectivity index (χ1v) is 41.4. The number of nitrogens with one attached hydrogen (secondary N) is 10. The molecular weight excluding hydrogens is 1680 g/mol. The van der Waals surface area contributed by atoms with E-state index in [0.29, 0.717) is 78.6 Å². The highest BCUT2D eigenvalue weighted by atomic mass is 16.6. The van der Waals surface area contributed by atoms with E-state index in [2.05, 4.69) is 63.1 Å². The number of nitrogens with two attached hydrogens (primary N) is 2. The number of primary amides is 2. The van der Waals surface area contributed by atoms with Crippen molar-refractivity contribution in [1.82, 2.24) is 51.7 Å². The molecule has 8 aromatic carbocycles. The third-order valence-corrected chi connectivity index (χ3v) is 20.4. The number of hydrogen-bond acceptors (Lipinski definition) is 26. The van der Waals surface area contributed by atoms with E-state index in [1.165, 1.54) is 36.7 Å². The van der Waals surface area contributed by atoms with Crippen LogP contribution in [0.2, 0.25) is 0 Å². The summed E-state index contributed by atoms with van der Waals surface area (Å²) in [5.74, 6) is -8.07. The number of piperidine rings is 2. The van der Waals surface area contributed by atoms with Gasteiger partial charge in [-0.15, -0.1) is 0 Å². The maximum atomic E-state index is 13.2. The standard InChI is InChI=1S/C44H42N8O9.C34H39N5O6.C15H13N3O6/c45-40(55)32-24-48-33-14-13-28(23-31(33)39(32)50-29-5-2-1-3-6-29)26-9-11-27(12-10-26)41(56)47-18-20-61-22-21-60-19-17-46-37(54)25-49-34-8-4-7-30-38(34)44(59)52(43(30)58)35-15-16-36(53)51-42(35)57;1-34(2,3)45-33(42)37-16-18-44-20-19-43-17-15-36-32(41)24-11-9-23(10-12-24)25-13-14-29-27(21-25)30(28(22-38-29)31(35)40)39-26-7-5-4-6-8-26;19-10-5-4-9(13(22)17-10)18-14(23)7-2-1-3-8(12(7)15(18)24)16-6-11(20)21/h1-14,23-24,35,49H,15-22,25H2,(H2,45,55)(H,46,54)(H,47,56)(H,48,50)(H,51,53,57);4-14,21-22H,15-20H2,1-3H3,(H2,35,40)(H,36,41)(H,37,42)(H,38,39);1-3,9,16H,4-6H2,(H,20,21)(H,17,19,22). The largest absolute Gasteiger partial charge is 0.480 e. The smallest absolute Gasteiger partial charge is 0.407 e. The molecule has 14 amide bonds. The Kier molecular flexibility index (Phi) is 31.6. The lowest BCUT2D eigenvalue weighted by molar-refractivity contribution is -0.137. The van der Waals surface area contributed by atoms with E-state index in [9.17, 15) is 71.9 Å². The van der Waals surface area contributed by atoms with Gasteiger partial charge in [0.25, 0.3) is 47.3 Å². The van der Waals surface area contributed by atoms with E-state index in [1.807, 2.05) is 121 Å². The molecule has 130 heavy (non-hydrogen) atoms. The molecule has 0 aliphatic carbocycles. The molecule has 6 heterocycles. The molecule has 2 fully saturated rings. The summed E-state index contributed by atoms with van der Waals surface area (Å²) in [4.78, 5) is 194. The number of anilines is 6. The van der Waals surface area contributed by atoms with E-state index < -0.39 is 95.4 Å². The summed E-state index contributed by atoms with van der Waals surface area (Å²) < 4.78 is 27.2. The summed E-state index contributed by atoms with van der Waals surface area (Å²) in [6, 6.07) is 51.8. The van der Waals surface area contributed by atoms with Crippen LogP contribution in [0.25, 0.3) is 44.1 Å². The number of carbonyl (C=O) groups is 15. The molecular formula is C93H94N16O21. The lowest BCUT2D eigenvalue weighted by atomic mass is 10.00. The number of carbonyl (C=O) groups excluding carboxylic acids is 14. The van der Waals surface area contributed by atoms with Gasteiger partial charge in [0.1, 0.15) is 24.2 Å². The maximum absolute atomic E-state index is 13.2. The Morgan fingerprint density at radius 3 is 1.22 bits per heavy atom. The number of carboxylic acid groups (broad SMARTS) is 1. The van der Waals surface area contributed by atoms with Gasteiger partial charge in [-0.2, -0.15) is 0 Å². The van der Waals surface area contributed by atoms with Crippen LogP contribution < -0.4 is 64.6 Å². The van der Waals surface area contributed by atoms with Crippen LogP contribution in [0.1, 0.15) is 129 Å². The zero-order valence-corrected chi connectivity index (χ0v) is 70.9. The highest BCUT2D eigenvalue weighted by molar-refractivity contribution is 6.27. The van der Waals surface area contributed by atoms with E-state index >= 15 is 0 Å². The fourth-order valence-corrected chi connectivity index (χ4v) is 14.2. The summed E-state index contributed by atoms with van der Waals surface area (Å²) >= 11 is 0. The average molecular weight is 1770 g/mol. The predicted octanol–water partition coefficient (Wildman–Crippen LogP) is 7.75. The van der Waals surface area contributed by atoms with Crippen LogP contribution >= 0.6 is 0 Å². The van der Waals surface area contributed by atoms with Crippen LogP contribution in [0.5, 0.6) is 0 Å². The number of amides is 14. The minimum Gasteiger partial charge on any atom is -0.480 e. The molecule has 2 aromatic heterocycles. The zero-order valence-electron chi connectivity index (χ0n) is 70.9. The minimum atomic E-state index is -1.12. The number of ether oxygens (including phenoxy) is 5. The molecule has 10 aromatic rings. The minimum absolute atomic E-state index is 0.0121. The first kappa shape index (κ1) is 93.4. The Balaban J connectivity index is 0.000000193. The second-order valence-electron chi connectivity index (χ2n) is 30.6. The van der Waals surface area contributed by atoms with Gasteiger partial charge < -0.3 is 82.8 Å². The van der Waals surface area contributed by atoms with Crippen molar-refractivity contribution in [3.05, 3.63) is 239 Å². The van der Waals surface area contributed by atoms with Crippen molar-refractivity contribution in [2.75, 3.05) is 113 Å². The van der Waals surface area contributed by atoms with Crippen molar-refractivity contribution in [3.63, 3.8) is 0 Å². The summed E-state index contributed by atoms with van der Waals surface area (Å²) in [5.41, 5.74) is 20.8. The maximum Gasteiger partial charge on any atom is 0.407 e. The van der Waals surface area contributed by atoms with Gasteiger partial charge in [-0.3, -0.25) is 97.5 Å². The lowest BCUT2D eigenvalue weighted by Crippen LogP contribution is -2.54.